The molecule has 1 saturated heterocycles. The van der Waals surface area contributed by atoms with Crippen LogP contribution >= 0.6 is 0 Å². The predicted molar refractivity (Wildman–Crippen MR) is 124 cm³/mol. The van der Waals surface area contributed by atoms with Gasteiger partial charge in [0.05, 0.1) is 0 Å². The van der Waals surface area contributed by atoms with Crippen LogP contribution in [-0.4, -0.2) is 84.7 Å². The number of hydrogen-bond acceptors (Lipinski definition) is 5. The molecule has 1 aliphatic rings. The molecule has 0 bridgehead atoms. The first-order valence-corrected chi connectivity index (χ1v) is 10.7. The van der Waals surface area contributed by atoms with Gasteiger partial charge >= 0.3 is 0 Å². The van der Waals surface area contributed by atoms with E-state index in [-0.39, 0.29) is 5.91 Å². The van der Waals surface area contributed by atoms with Gasteiger partial charge in [-0.05, 0) is 30.3 Å². The highest BCUT2D eigenvalue weighted by atomic mass is 16.3. The van der Waals surface area contributed by atoms with Gasteiger partial charge in [0.15, 0.2) is 11.5 Å². The van der Waals surface area contributed by atoms with Crippen LogP contribution in [0.2, 0.25) is 0 Å². The molecule has 0 radical (unpaired) electrons. The molecule has 8 nitrogen and oxygen atoms in total. The summed E-state index contributed by atoms with van der Waals surface area (Å²) in [6.45, 7) is 3.05. The van der Waals surface area contributed by atoms with Gasteiger partial charge in [-0.1, -0.05) is 18.2 Å². The Kier molecular flexibility index (Phi) is 6.49. The largest absolute Gasteiger partial charge is 0.436 e. The van der Waals surface area contributed by atoms with Crippen molar-refractivity contribution in [2.24, 2.45) is 4.99 Å². The number of benzene rings is 2. The standard InChI is InChI=1S/C24H27N5O3/c1-27(2)24(25-11-6-16-30)29-14-12-28(13-15-29)23(31)19-9-10-20-21(17-19)32-22(26-20)18-7-4-3-5-8-18/h3-5,7-10,16-17H,6,11-15H2,1-2H3. The van der Waals surface area contributed by atoms with Crippen molar-refractivity contribution < 1.29 is 14.0 Å². The number of oxazole rings is 1. The van der Waals surface area contributed by atoms with Crippen molar-refractivity contribution in [1.82, 2.24) is 19.7 Å². The molecule has 8 heteroatoms. The molecule has 1 fully saturated rings. The molecule has 32 heavy (non-hydrogen) atoms. The topological polar surface area (TPSA) is 82.3 Å². The minimum atomic E-state index is -0.0199. The summed E-state index contributed by atoms with van der Waals surface area (Å²) >= 11 is 0. The predicted octanol–water partition coefficient (Wildman–Crippen LogP) is 2.76. The number of aromatic nitrogens is 1. The Hall–Kier alpha value is -3.68. The number of fused-ring (bicyclic) bond motifs is 1. The summed E-state index contributed by atoms with van der Waals surface area (Å²) in [6, 6.07) is 15.1. The Morgan fingerprint density at radius 3 is 2.50 bits per heavy atom. The number of hydrogen-bond donors (Lipinski definition) is 0. The number of carbonyl (C=O) groups is 2. The zero-order valence-corrected chi connectivity index (χ0v) is 18.4. The minimum absolute atomic E-state index is 0.0199. The number of guanidine groups is 1. The third-order valence-electron chi connectivity index (χ3n) is 5.41. The zero-order valence-electron chi connectivity index (χ0n) is 18.4. The van der Waals surface area contributed by atoms with Gasteiger partial charge in [0, 0.05) is 64.4 Å². The van der Waals surface area contributed by atoms with Crippen molar-refractivity contribution >= 4 is 29.3 Å². The lowest BCUT2D eigenvalue weighted by Gasteiger charge is -2.38. The summed E-state index contributed by atoms with van der Waals surface area (Å²) in [5, 5.41) is 0. The molecule has 2 heterocycles. The van der Waals surface area contributed by atoms with E-state index in [0.717, 1.165) is 23.3 Å². The fraction of sp³-hybridized carbons (Fsp3) is 0.333. The Bertz CT molecular complexity index is 1120. The summed E-state index contributed by atoms with van der Waals surface area (Å²) < 4.78 is 5.92. The van der Waals surface area contributed by atoms with E-state index < -0.39 is 0 Å². The van der Waals surface area contributed by atoms with Gasteiger partial charge in [-0.25, -0.2) is 4.98 Å². The number of aldehydes is 1. The number of carbonyl (C=O) groups excluding carboxylic acids is 2. The van der Waals surface area contributed by atoms with Gasteiger partial charge in [0.2, 0.25) is 5.89 Å². The van der Waals surface area contributed by atoms with Crippen LogP contribution in [0.1, 0.15) is 16.8 Å². The molecule has 0 unspecified atom stereocenters. The summed E-state index contributed by atoms with van der Waals surface area (Å²) in [5.41, 5.74) is 2.83. The van der Waals surface area contributed by atoms with E-state index in [9.17, 15) is 9.59 Å². The number of aliphatic imine (C=N–C) groups is 1. The minimum Gasteiger partial charge on any atom is -0.436 e. The highest BCUT2D eigenvalue weighted by Crippen LogP contribution is 2.25. The van der Waals surface area contributed by atoms with E-state index in [1.807, 2.05) is 60.3 Å². The first-order chi connectivity index (χ1) is 15.6. The molecular formula is C24H27N5O3. The van der Waals surface area contributed by atoms with Crippen LogP contribution in [0.3, 0.4) is 0 Å². The molecule has 4 rings (SSSR count). The molecule has 1 amide bonds. The molecule has 2 aromatic carbocycles. The number of amides is 1. The second-order valence-electron chi connectivity index (χ2n) is 7.88. The lowest BCUT2D eigenvalue weighted by atomic mass is 10.1. The molecule has 1 aliphatic heterocycles. The maximum atomic E-state index is 13.1. The van der Waals surface area contributed by atoms with E-state index >= 15 is 0 Å². The van der Waals surface area contributed by atoms with Gasteiger partial charge in [-0.15, -0.1) is 0 Å². The van der Waals surface area contributed by atoms with Crippen molar-refractivity contribution in [3.05, 3.63) is 54.1 Å². The zero-order chi connectivity index (χ0) is 22.5. The number of nitrogens with zero attached hydrogens (tertiary/aromatic N) is 5. The Morgan fingerprint density at radius 2 is 1.81 bits per heavy atom. The molecule has 0 atom stereocenters. The first-order valence-electron chi connectivity index (χ1n) is 10.7. The fourth-order valence-electron chi connectivity index (χ4n) is 3.80. The van der Waals surface area contributed by atoms with E-state index in [0.29, 0.717) is 56.2 Å². The monoisotopic (exact) mass is 433 g/mol. The number of piperazine rings is 1. The molecule has 0 saturated carbocycles. The highest BCUT2D eigenvalue weighted by molar-refractivity contribution is 5.97. The Morgan fingerprint density at radius 1 is 1.09 bits per heavy atom. The smallest absolute Gasteiger partial charge is 0.254 e. The maximum Gasteiger partial charge on any atom is 0.254 e. The second kappa shape index (κ2) is 9.64. The van der Waals surface area contributed by atoms with E-state index in [4.69, 9.17) is 4.42 Å². The fourth-order valence-corrected chi connectivity index (χ4v) is 3.80. The summed E-state index contributed by atoms with van der Waals surface area (Å²) in [5.74, 6) is 1.37. The Labute approximate surface area is 187 Å². The molecule has 0 N–H and O–H groups in total. The van der Waals surface area contributed by atoms with E-state index in [2.05, 4.69) is 14.9 Å². The molecule has 166 valence electrons. The van der Waals surface area contributed by atoms with Gasteiger partial charge in [0.1, 0.15) is 11.8 Å². The third-order valence-corrected chi connectivity index (χ3v) is 5.41. The summed E-state index contributed by atoms with van der Waals surface area (Å²) in [6.07, 6.45) is 1.29. The lowest BCUT2D eigenvalue weighted by Crippen LogP contribution is -2.53. The van der Waals surface area contributed by atoms with Crippen LogP contribution in [0.25, 0.3) is 22.6 Å². The number of rotatable bonds is 5. The van der Waals surface area contributed by atoms with Crippen molar-refractivity contribution in [2.75, 3.05) is 46.8 Å². The van der Waals surface area contributed by atoms with Crippen LogP contribution in [-0.2, 0) is 4.79 Å². The van der Waals surface area contributed by atoms with Gasteiger partial charge in [-0.3, -0.25) is 9.79 Å². The quantitative estimate of drug-likeness (QED) is 0.266. The van der Waals surface area contributed by atoms with E-state index in [1.54, 1.807) is 12.1 Å². The SMILES string of the molecule is CN(C)C(=NCCC=O)N1CCN(C(=O)c2ccc3nc(-c4ccccc4)oc3c2)CC1. The van der Waals surface area contributed by atoms with Crippen molar-refractivity contribution in [1.29, 1.82) is 0 Å². The van der Waals surface area contributed by atoms with Crippen LogP contribution in [0.4, 0.5) is 0 Å². The summed E-state index contributed by atoms with van der Waals surface area (Å²) in [7, 11) is 3.88. The third kappa shape index (κ3) is 4.64. The Balaban J connectivity index is 1.44. The lowest BCUT2D eigenvalue weighted by molar-refractivity contribution is -0.107. The molecular weight excluding hydrogens is 406 g/mol. The molecule has 0 spiro atoms. The first kappa shape index (κ1) is 21.5. The van der Waals surface area contributed by atoms with E-state index in [1.165, 1.54) is 0 Å². The van der Waals surface area contributed by atoms with Crippen LogP contribution in [0, 0.1) is 0 Å². The van der Waals surface area contributed by atoms with Gasteiger partial charge in [-0.2, -0.15) is 0 Å². The van der Waals surface area contributed by atoms with Crippen molar-refractivity contribution in [2.45, 2.75) is 6.42 Å². The second-order valence-corrected chi connectivity index (χ2v) is 7.88. The maximum absolute atomic E-state index is 13.1. The van der Waals surface area contributed by atoms with Crippen LogP contribution in [0.15, 0.2) is 57.9 Å². The molecule has 0 aliphatic carbocycles. The summed E-state index contributed by atoms with van der Waals surface area (Å²) in [4.78, 5) is 38.7. The molecule has 1 aromatic heterocycles. The van der Waals surface area contributed by atoms with Crippen LogP contribution < -0.4 is 0 Å². The van der Waals surface area contributed by atoms with Crippen LogP contribution in [0.5, 0.6) is 0 Å². The average molecular weight is 434 g/mol. The average Bonchev–Trinajstić information content (AvgIpc) is 3.25. The van der Waals surface area contributed by atoms with Crippen molar-refractivity contribution in [3.8, 4) is 11.5 Å². The van der Waals surface area contributed by atoms with Crippen molar-refractivity contribution in [3.63, 3.8) is 0 Å². The van der Waals surface area contributed by atoms with Gasteiger partial charge < -0.3 is 23.9 Å². The van der Waals surface area contributed by atoms with Gasteiger partial charge in [0.25, 0.3) is 5.91 Å². The molecule has 3 aromatic rings. The normalized spacial score (nSPS) is 14.6. The highest BCUT2D eigenvalue weighted by Gasteiger charge is 2.25.